The van der Waals surface area contributed by atoms with Crippen molar-refractivity contribution < 1.29 is 26.7 Å². The molecule has 1 saturated heterocycles. The summed E-state index contributed by atoms with van der Waals surface area (Å²) in [5, 5.41) is 3.04. The Kier molecular flexibility index (Phi) is 11.9. The van der Waals surface area contributed by atoms with Crippen LogP contribution in [0, 0.1) is 11.6 Å². The summed E-state index contributed by atoms with van der Waals surface area (Å²) in [7, 11) is -3.37. The second-order valence-corrected chi connectivity index (χ2v) is 11.9. The quantitative estimate of drug-likeness (QED) is 0.275. The van der Waals surface area contributed by atoms with Crippen LogP contribution in [0.5, 0.6) is 11.6 Å². The second-order valence-electron chi connectivity index (χ2n) is 10.1. The van der Waals surface area contributed by atoms with Gasteiger partial charge in [0.1, 0.15) is 17.4 Å². The number of piperidine rings is 1. The molecule has 42 heavy (non-hydrogen) atoms. The van der Waals surface area contributed by atoms with Crippen LogP contribution in [-0.2, 0) is 16.6 Å². The smallest absolute Gasteiger partial charge is 0.322 e. The van der Waals surface area contributed by atoms with E-state index in [0.29, 0.717) is 30.3 Å². The monoisotopic (exact) mass is 623 g/mol. The van der Waals surface area contributed by atoms with E-state index in [-0.39, 0.29) is 30.2 Å². The van der Waals surface area contributed by atoms with Gasteiger partial charge in [0, 0.05) is 44.4 Å². The van der Waals surface area contributed by atoms with Crippen molar-refractivity contribution in [3.63, 3.8) is 0 Å². The number of amides is 2. The van der Waals surface area contributed by atoms with E-state index in [1.807, 2.05) is 31.2 Å². The molecule has 1 aliphatic rings. The Labute approximate surface area is 251 Å². The zero-order valence-electron chi connectivity index (χ0n) is 23.6. The number of unbranched alkanes of at least 4 members (excludes halogenated alkanes) is 1. The molecule has 9 nitrogen and oxygen atoms in total. The predicted molar refractivity (Wildman–Crippen MR) is 162 cm³/mol. The number of halogens is 3. The molecule has 1 aromatic heterocycles. The minimum atomic E-state index is -3.37. The number of nitrogens with one attached hydrogen (secondary N) is 2. The first-order chi connectivity index (χ1) is 19.6. The molecule has 4 rings (SSSR count). The molecule has 2 heterocycles. The number of carbonyl (C=O) groups is 1. The first-order valence-corrected chi connectivity index (χ1v) is 15.4. The molecule has 2 amide bonds. The van der Waals surface area contributed by atoms with E-state index in [9.17, 15) is 22.0 Å². The number of anilines is 2. The Hall–Kier alpha value is -3.48. The number of aromatic nitrogens is 1. The van der Waals surface area contributed by atoms with Gasteiger partial charge >= 0.3 is 6.03 Å². The van der Waals surface area contributed by atoms with Crippen LogP contribution in [0.25, 0.3) is 0 Å². The lowest BCUT2D eigenvalue weighted by molar-refractivity contribution is 0.188. The summed E-state index contributed by atoms with van der Waals surface area (Å²) in [5.74, 6) is -0.476. The van der Waals surface area contributed by atoms with E-state index in [4.69, 9.17) is 4.74 Å². The highest BCUT2D eigenvalue weighted by molar-refractivity contribution is 7.92. The van der Waals surface area contributed by atoms with E-state index in [1.54, 1.807) is 12.1 Å². The van der Waals surface area contributed by atoms with Crippen molar-refractivity contribution in [2.45, 2.75) is 45.2 Å². The minimum Gasteiger partial charge on any atom is -0.439 e. The number of ether oxygens (including phenoxy) is 1. The molecule has 2 aromatic carbocycles. The number of carbonyl (C=O) groups excluding carboxylic acids is 1. The van der Waals surface area contributed by atoms with Gasteiger partial charge in [-0.25, -0.2) is 27.0 Å². The number of sulfonamides is 1. The Bertz CT molecular complexity index is 1420. The van der Waals surface area contributed by atoms with Crippen LogP contribution in [0.3, 0.4) is 0 Å². The number of likely N-dealkylation sites (tertiary alicyclic amines) is 1. The van der Waals surface area contributed by atoms with Crippen molar-refractivity contribution in [2.24, 2.45) is 0 Å². The summed E-state index contributed by atoms with van der Waals surface area (Å²) in [4.78, 5) is 20.9. The van der Waals surface area contributed by atoms with Crippen molar-refractivity contribution in [3.05, 3.63) is 78.0 Å². The van der Waals surface area contributed by atoms with Gasteiger partial charge in [-0.15, -0.1) is 12.4 Å². The molecular formula is C29H36ClF2N5O4S. The zero-order chi connectivity index (χ0) is 29.4. The molecule has 0 radical (unpaired) electrons. The molecular weight excluding hydrogens is 588 g/mol. The number of hydrogen-bond acceptors (Lipinski definition) is 6. The van der Waals surface area contributed by atoms with E-state index < -0.39 is 21.7 Å². The third-order valence-electron chi connectivity index (χ3n) is 6.69. The third-order valence-corrected chi connectivity index (χ3v) is 7.29. The topological polar surface area (TPSA) is 104 Å². The van der Waals surface area contributed by atoms with Crippen LogP contribution in [-0.4, -0.2) is 56.3 Å². The van der Waals surface area contributed by atoms with Crippen LogP contribution < -0.4 is 19.7 Å². The molecule has 0 unspecified atom stereocenters. The summed E-state index contributed by atoms with van der Waals surface area (Å²) in [6, 6.07) is 13.7. The summed E-state index contributed by atoms with van der Waals surface area (Å²) >= 11 is 0. The largest absolute Gasteiger partial charge is 0.439 e. The van der Waals surface area contributed by atoms with Gasteiger partial charge in [-0.1, -0.05) is 25.5 Å². The summed E-state index contributed by atoms with van der Waals surface area (Å²) < 4.78 is 58.6. The highest BCUT2D eigenvalue weighted by Crippen LogP contribution is 2.24. The lowest BCUT2D eigenvalue weighted by Crippen LogP contribution is -2.49. The Morgan fingerprint density at radius 1 is 1.10 bits per heavy atom. The van der Waals surface area contributed by atoms with E-state index in [1.165, 1.54) is 17.2 Å². The Balaban J connectivity index is 0.00000484. The lowest BCUT2D eigenvalue weighted by Gasteiger charge is -2.34. The number of pyridine rings is 1. The number of benzene rings is 2. The van der Waals surface area contributed by atoms with Crippen LogP contribution in [0.15, 0.2) is 60.8 Å². The van der Waals surface area contributed by atoms with Gasteiger partial charge in [0.2, 0.25) is 15.9 Å². The highest BCUT2D eigenvalue weighted by Gasteiger charge is 2.25. The normalized spacial score (nSPS) is 14.1. The average Bonchev–Trinajstić information content (AvgIpc) is 2.92. The van der Waals surface area contributed by atoms with E-state index >= 15 is 0 Å². The van der Waals surface area contributed by atoms with Gasteiger partial charge in [0.15, 0.2) is 0 Å². The van der Waals surface area contributed by atoms with Crippen LogP contribution in [0.1, 0.15) is 38.2 Å². The van der Waals surface area contributed by atoms with Gasteiger partial charge < -0.3 is 10.1 Å². The highest BCUT2D eigenvalue weighted by atomic mass is 35.5. The number of rotatable bonds is 11. The summed E-state index contributed by atoms with van der Waals surface area (Å²) in [6.07, 6.45) is 5.53. The molecule has 0 atom stereocenters. The van der Waals surface area contributed by atoms with Gasteiger partial charge in [-0.2, -0.15) is 0 Å². The van der Waals surface area contributed by atoms with Crippen molar-refractivity contribution in [3.8, 4) is 11.6 Å². The average molecular weight is 624 g/mol. The summed E-state index contributed by atoms with van der Waals surface area (Å²) in [6.45, 7) is 4.67. The number of hydrogen-bond donors (Lipinski definition) is 2. The Morgan fingerprint density at radius 2 is 1.81 bits per heavy atom. The first-order valence-electron chi connectivity index (χ1n) is 13.6. The second kappa shape index (κ2) is 15.1. The molecule has 0 aliphatic carbocycles. The van der Waals surface area contributed by atoms with Crippen molar-refractivity contribution >= 4 is 39.8 Å². The molecule has 3 aromatic rings. The minimum absolute atomic E-state index is 0. The molecule has 0 spiro atoms. The Morgan fingerprint density at radius 3 is 2.40 bits per heavy atom. The molecule has 2 N–H and O–H groups in total. The molecule has 228 valence electrons. The molecule has 0 bridgehead atoms. The van der Waals surface area contributed by atoms with Gasteiger partial charge in [-0.05, 0) is 55.2 Å². The molecule has 1 aliphatic heterocycles. The fourth-order valence-corrected chi connectivity index (χ4v) is 5.14. The van der Waals surface area contributed by atoms with Gasteiger partial charge in [0.25, 0.3) is 0 Å². The van der Waals surface area contributed by atoms with Crippen LogP contribution in [0.2, 0.25) is 0 Å². The van der Waals surface area contributed by atoms with Crippen molar-refractivity contribution in [1.29, 1.82) is 0 Å². The van der Waals surface area contributed by atoms with Crippen molar-refractivity contribution in [1.82, 2.24) is 15.2 Å². The lowest BCUT2D eigenvalue weighted by atomic mass is 10.0. The SMILES string of the molecule is CCCCN(C(=O)NC1CCN(Cc2ccc(Oc3ccc(NS(C)(=O)=O)cn3)cc2)CC1)c1ccc(F)cc1F.Cl. The standard InChI is InChI=1S/C29H35F2N5O4S.ClH/c1-3-4-15-36(27-11-7-22(30)18-26(27)31)29(37)33-23-13-16-35(17-14-23)20-21-5-9-25(10-6-21)40-28-12-8-24(19-32-28)34-41(2,38)39;/h5-12,18-19,23,34H,3-4,13-17,20H2,1-2H3,(H,33,37);1H. The third kappa shape index (κ3) is 9.81. The van der Waals surface area contributed by atoms with Gasteiger partial charge in [-0.3, -0.25) is 14.5 Å². The maximum Gasteiger partial charge on any atom is 0.322 e. The molecule has 1 fully saturated rings. The predicted octanol–water partition coefficient (Wildman–Crippen LogP) is 5.93. The van der Waals surface area contributed by atoms with E-state index in [0.717, 1.165) is 62.8 Å². The van der Waals surface area contributed by atoms with Gasteiger partial charge in [0.05, 0.1) is 23.8 Å². The zero-order valence-corrected chi connectivity index (χ0v) is 25.2. The first kappa shape index (κ1) is 33.0. The maximum atomic E-state index is 14.4. The van der Waals surface area contributed by atoms with Crippen LogP contribution >= 0.6 is 12.4 Å². The molecule has 0 saturated carbocycles. The molecule has 13 heteroatoms. The van der Waals surface area contributed by atoms with E-state index in [2.05, 4.69) is 19.9 Å². The van der Waals surface area contributed by atoms with Crippen molar-refractivity contribution in [2.75, 3.05) is 35.5 Å². The fourth-order valence-electron chi connectivity index (χ4n) is 4.59. The van der Waals surface area contributed by atoms with Crippen LogP contribution in [0.4, 0.5) is 25.0 Å². The summed E-state index contributed by atoms with van der Waals surface area (Å²) in [5.41, 5.74) is 1.55. The number of nitrogens with zero attached hydrogens (tertiary/aromatic N) is 3. The maximum absolute atomic E-state index is 14.4. The fraction of sp³-hybridized carbons (Fsp3) is 0.379. The number of urea groups is 1.